The van der Waals surface area contributed by atoms with Crippen LogP contribution in [0.4, 0.5) is 5.82 Å². The number of pyridine rings is 1. The molecule has 1 unspecified atom stereocenters. The van der Waals surface area contributed by atoms with Crippen molar-refractivity contribution >= 4 is 34.3 Å². The number of carbonyl (C=O) groups is 1. The first-order chi connectivity index (χ1) is 11.0. The fourth-order valence-electron chi connectivity index (χ4n) is 2.28. The van der Waals surface area contributed by atoms with E-state index in [1.807, 2.05) is 18.9 Å². The van der Waals surface area contributed by atoms with Crippen LogP contribution in [0.2, 0.25) is 5.02 Å². The van der Waals surface area contributed by atoms with Gasteiger partial charge in [-0.15, -0.1) is 0 Å². The highest BCUT2D eigenvalue weighted by Crippen LogP contribution is 2.26. The highest BCUT2D eigenvalue weighted by Gasteiger charge is 2.17. The summed E-state index contributed by atoms with van der Waals surface area (Å²) in [6.07, 6.45) is 0.257. The molecule has 1 heterocycles. The summed E-state index contributed by atoms with van der Waals surface area (Å²) in [7, 11) is 1.84. The molecule has 2 rings (SSSR count). The SMILES string of the molecule is CCOC(=O)CC(C)N(C)c1cc(C#N)c2cc(Cl)ccc2n1. The highest BCUT2D eigenvalue weighted by atomic mass is 35.5. The lowest BCUT2D eigenvalue weighted by Gasteiger charge is -2.25. The van der Waals surface area contributed by atoms with E-state index in [-0.39, 0.29) is 18.4 Å². The van der Waals surface area contributed by atoms with Gasteiger partial charge in [0.15, 0.2) is 0 Å². The third-order valence-corrected chi connectivity index (χ3v) is 3.90. The smallest absolute Gasteiger partial charge is 0.307 e. The Labute approximate surface area is 140 Å². The summed E-state index contributed by atoms with van der Waals surface area (Å²) in [4.78, 5) is 18.1. The average Bonchev–Trinajstić information content (AvgIpc) is 2.53. The van der Waals surface area contributed by atoms with E-state index in [0.717, 1.165) is 5.39 Å². The van der Waals surface area contributed by atoms with Gasteiger partial charge in [-0.1, -0.05) is 11.6 Å². The van der Waals surface area contributed by atoms with Gasteiger partial charge in [-0.2, -0.15) is 5.26 Å². The number of nitrogens with zero attached hydrogens (tertiary/aromatic N) is 3. The molecule has 6 heteroatoms. The summed E-state index contributed by atoms with van der Waals surface area (Å²) < 4.78 is 4.97. The first-order valence-corrected chi connectivity index (χ1v) is 7.73. The Hall–Kier alpha value is -2.32. The number of hydrogen-bond donors (Lipinski definition) is 0. The molecule has 1 aromatic heterocycles. The van der Waals surface area contributed by atoms with Crippen LogP contribution in [-0.4, -0.2) is 30.6 Å². The summed E-state index contributed by atoms with van der Waals surface area (Å²) in [5, 5.41) is 10.7. The molecule has 5 nitrogen and oxygen atoms in total. The van der Waals surface area contributed by atoms with Crippen molar-refractivity contribution in [2.45, 2.75) is 26.3 Å². The van der Waals surface area contributed by atoms with Gasteiger partial charge < -0.3 is 9.64 Å². The minimum atomic E-state index is -0.250. The Morgan fingerprint density at radius 3 is 2.87 bits per heavy atom. The molecule has 120 valence electrons. The van der Waals surface area contributed by atoms with E-state index < -0.39 is 0 Å². The molecule has 0 aliphatic rings. The van der Waals surface area contributed by atoms with Crippen LogP contribution in [0.25, 0.3) is 10.9 Å². The number of rotatable bonds is 5. The quantitative estimate of drug-likeness (QED) is 0.784. The van der Waals surface area contributed by atoms with E-state index in [2.05, 4.69) is 11.1 Å². The van der Waals surface area contributed by atoms with Crippen molar-refractivity contribution in [1.82, 2.24) is 4.98 Å². The number of fused-ring (bicyclic) bond motifs is 1. The number of anilines is 1. The Morgan fingerprint density at radius 1 is 1.48 bits per heavy atom. The second-order valence-corrected chi connectivity index (χ2v) is 5.71. The van der Waals surface area contributed by atoms with Crippen LogP contribution in [-0.2, 0) is 9.53 Å². The number of ether oxygens (including phenoxy) is 1. The van der Waals surface area contributed by atoms with Crippen molar-refractivity contribution in [3.8, 4) is 6.07 Å². The van der Waals surface area contributed by atoms with E-state index in [1.165, 1.54) is 0 Å². The Kier molecular flexibility index (Phi) is 5.41. The lowest BCUT2D eigenvalue weighted by Crippen LogP contribution is -2.32. The molecule has 0 saturated heterocycles. The zero-order chi connectivity index (χ0) is 17.0. The second kappa shape index (κ2) is 7.30. The van der Waals surface area contributed by atoms with Gasteiger partial charge in [0.25, 0.3) is 0 Å². The normalized spacial score (nSPS) is 11.8. The standard InChI is InChI=1S/C17H18ClN3O2/c1-4-23-17(22)7-11(2)21(3)16-8-12(10-19)14-9-13(18)5-6-15(14)20-16/h5-6,8-9,11H,4,7H2,1-3H3. The second-order valence-electron chi connectivity index (χ2n) is 5.27. The summed E-state index contributed by atoms with van der Waals surface area (Å²) in [5.74, 6) is 0.382. The third-order valence-electron chi connectivity index (χ3n) is 3.67. The van der Waals surface area contributed by atoms with Crippen LogP contribution in [0.5, 0.6) is 0 Å². The van der Waals surface area contributed by atoms with Crippen LogP contribution in [0.15, 0.2) is 24.3 Å². The van der Waals surface area contributed by atoms with E-state index >= 15 is 0 Å². The molecule has 0 bridgehead atoms. The van der Waals surface area contributed by atoms with Crippen molar-refractivity contribution in [2.24, 2.45) is 0 Å². The predicted octanol–water partition coefficient (Wildman–Crippen LogP) is 3.54. The van der Waals surface area contributed by atoms with Gasteiger partial charge in [-0.25, -0.2) is 4.98 Å². The molecule has 0 N–H and O–H groups in total. The summed E-state index contributed by atoms with van der Waals surface area (Å²) >= 11 is 5.99. The number of nitriles is 1. The fourth-order valence-corrected chi connectivity index (χ4v) is 2.45. The van der Waals surface area contributed by atoms with Crippen LogP contribution in [0.3, 0.4) is 0 Å². The van der Waals surface area contributed by atoms with Crippen molar-refractivity contribution in [3.63, 3.8) is 0 Å². The lowest BCUT2D eigenvalue weighted by atomic mass is 10.1. The van der Waals surface area contributed by atoms with Crippen molar-refractivity contribution in [3.05, 3.63) is 34.9 Å². The largest absolute Gasteiger partial charge is 0.466 e. The van der Waals surface area contributed by atoms with E-state index in [1.54, 1.807) is 31.2 Å². The Morgan fingerprint density at radius 2 is 2.22 bits per heavy atom. The van der Waals surface area contributed by atoms with Gasteiger partial charge in [0.05, 0.1) is 30.2 Å². The van der Waals surface area contributed by atoms with Crippen LogP contribution < -0.4 is 4.90 Å². The van der Waals surface area contributed by atoms with Crippen molar-refractivity contribution in [1.29, 1.82) is 5.26 Å². The predicted molar refractivity (Wildman–Crippen MR) is 90.6 cm³/mol. The van der Waals surface area contributed by atoms with Gasteiger partial charge in [-0.3, -0.25) is 4.79 Å². The third kappa shape index (κ3) is 3.91. The van der Waals surface area contributed by atoms with Gasteiger partial charge in [0, 0.05) is 23.5 Å². The van der Waals surface area contributed by atoms with E-state index in [0.29, 0.717) is 28.5 Å². The molecule has 0 radical (unpaired) electrons. The maximum absolute atomic E-state index is 11.6. The number of esters is 1. The van der Waals surface area contributed by atoms with E-state index in [9.17, 15) is 10.1 Å². The number of benzene rings is 1. The Balaban J connectivity index is 2.34. The molecule has 23 heavy (non-hydrogen) atoms. The first-order valence-electron chi connectivity index (χ1n) is 7.35. The average molecular weight is 332 g/mol. The number of aromatic nitrogens is 1. The molecule has 1 aromatic carbocycles. The Bertz CT molecular complexity index is 770. The maximum Gasteiger partial charge on any atom is 0.307 e. The van der Waals surface area contributed by atoms with Crippen LogP contribution >= 0.6 is 11.6 Å². The van der Waals surface area contributed by atoms with Crippen molar-refractivity contribution in [2.75, 3.05) is 18.6 Å². The molecule has 2 aromatic rings. The van der Waals surface area contributed by atoms with E-state index in [4.69, 9.17) is 16.3 Å². The molecule has 0 fully saturated rings. The summed E-state index contributed by atoms with van der Waals surface area (Å²) in [6.45, 7) is 4.06. The maximum atomic E-state index is 11.6. The van der Waals surface area contributed by atoms with Gasteiger partial charge >= 0.3 is 5.97 Å². The molecule has 0 amide bonds. The monoisotopic (exact) mass is 331 g/mol. The topological polar surface area (TPSA) is 66.2 Å². The molecule has 0 aliphatic carbocycles. The minimum Gasteiger partial charge on any atom is -0.466 e. The first kappa shape index (κ1) is 17.0. The van der Waals surface area contributed by atoms with Crippen LogP contribution in [0.1, 0.15) is 25.8 Å². The highest BCUT2D eigenvalue weighted by molar-refractivity contribution is 6.31. The number of halogens is 1. The van der Waals surface area contributed by atoms with Gasteiger partial charge in [-0.05, 0) is 38.1 Å². The van der Waals surface area contributed by atoms with Gasteiger partial charge in [0.1, 0.15) is 5.82 Å². The number of carbonyl (C=O) groups excluding carboxylic acids is 1. The summed E-state index contributed by atoms with van der Waals surface area (Å²) in [6, 6.07) is 9.04. The molecule has 0 aliphatic heterocycles. The zero-order valence-corrected chi connectivity index (χ0v) is 14.1. The number of hydrogen-bond acceptors (Lipinski definition) is 5. The van der Waals surface area contributed by atoms with Crippen LogP contribution in [0, 0.1) is 11.3 Å². The fraction of sp³-hybridized carbons (Fsp3) is 0.353. The molecule has 1 atom stereocenters. The molecule has 0 saturated carbocycles. The lowest BCUT2D eigenvalue weighted by molar-refractivity contribution is -0.143. The molecular weight excluding hydrogens is 314 g/mol. The zero-order valence-electron chi connectivity index (χ0n) is 13.3. The summed E-state index contributed by atoms with van der Waals surface area (Å²) in [5.41, 5.74) is 1.20. The molecular formula is C17H18ClN3O2. The van der Waals surface area contributed by atoms with Gasteiger partial charge in [0.2, 0.25) is 0 Å². The molecule has 0 spiro atoms. The minimum absolute atomic E-state index is 0.0992. The van der Waals surface area contributed by atoms with Crippen molar-refractivity contribution < 1.29 is 9.53 Å².